The smallest absolute Gasteiger partial charge is 0.232 e. The Balaban J connectivity index is 1.89. The van der Waals surface area contributed by atoms with Gasteiger partial charge >= 0.3 is 0 Å². The molecule has 0 bridgehead atoms. The molecule has 1 aliphatic heterocycles. The second-order valence-corrected chi connectivity index (χ2v) is 7.68. The van der Waals surface area contributed by atoms with Gasteiger partial charge in [0.2, 0.25) is 5.91 Å². The highest BCUT2D eigenvalue weighted by Gasteiger charge is 2.36. The topological polar surface area (TPSA) is 57.2 Å². The highest BCUT2D eigenvalue weighted by molar-refractivity contribution is 5.98. The second kappa shape index (κ2) is 9.86. The van der Waals surface area contributed by atoms with E-state index in [0.29, 0.717) is 24.7 Å². The summed E-state index contributed by atoms with van der Waals surface area (Å²) in [5.74, 6) is 2.86. The molecule has 0 aliphatic carbocycles. The SMILES string of the molecule is CCOc1cc2c(cc1OCC)C(c1ccc(OC)cc1)N(c1ccc(OC)cc1)C(=O)C2. The summed E-state index contributed by atoms with van der Waals surface area (Å²) in [6.45, 7) is 4.93. The molecule has 0 radical (unpaired) electrons. The third-order valence-electron chi connectivity index (χ3n) is 5.75. The lowest BCUT2D eigenvalue weighted by Crippen LogP contribution is -2.41. The number of rotatable bonds is 8. The maximum Gasteiger partial charge on any atom is 0.232 e. The summed E-state index contributed by atoms with van der Waals surface area (Å²) in [6.07, 6.45) is 0.278. The Hall–Kier alpha value is -3.67. The molecule has 3 aromatic rings. The molecule has 1 heterocycles. The standard InChI is InChI=1S/C27H29NO5/c1-5-32-24-15-19-16-26(29)28(20-9-13-22(31-4)14-10-20)27(23(19)17-25(24)33-6-2)18-7-11-21(30-3)12-8-18/h7-15,17,27H,5-6,16H2,1-4H3. The number of amides is 1. The summed E-state index contributed by atoms with van der Waals surface area (Å²) in [5.41, 5.74) is 3.74. The lowest BCUT2D eigenvalue weighted by molar-refractivity contribution is -0.118. The van der Waals surface area contributed by atoms with Crippen molar-refractivity contribution in [3.8, 4) is 23.0 Å². The third-order valence-corrected chi connectivity index (χ3v) is 5.75. The van der Waals surface area contributed by atoms with Crippen molar-refractivity contribution in [3.63, 3.8) is 0 Å². The zero-order chi connectivity index (χ0) is 23.4. The summed E-state index contributed by atoms with van der Waals surface area (Å²) < 4.78 is 22.4. The third kappa shape index (κ3) is 4.46. The Bertz CT molecular complexity index is 1110. The van der Waals surface area contributed by atoms with Crippen LogP contribution >= 0.6 is 0 Å². The van der Waals surface area contributed by atoms with Crippen LogP contribution in [0.5, 0.6) is 23.0 Å². The molecule has 0 spiro atoms. The van der Waals surface area contributed by atoms with Crippen LogP contribution in [0.3, 0.4) is 0 Å². The molecule has 0 N–H and O–H groups in total. The van der Waals surface area contributed by atoms with Crippen LogP contribution in [0.2, 0.25) is 0 Å². The zero-order valence-electron chi connectivity index (χ0n) is 19.5. The van der Waals surface area contributed by atoms with Crippen LogP contribution in [-0.4, -0.2) is 33.3 Å². The van der Waals surface area contributed by atoms with Crippen LogP contribution in [0.1, 0.15) is 36.6 Å². The van der Waals surface area contributed by atoms with E-state index in [1.54, 1.807) is 14.2 Å². The average Bonchev–Trinajstić information content (AvgIpc) is 2.84. The van der Waals surface area contributed by atoms with Crippen molar-refractivity contribution in [1.82, 2.24) is 0 Å². The van der Waals surface area contributed by atoms with Crippen molar-refractivity contribution in [1.29, 1.82) is 0 Å². The van der Waals surface area contributed by atoms with Gasteiger partial charge < -0.3 is 23.8 Å². The van der Waals surface area contributed by atoms with Crippen molar-refractivity contribution in [2.75, 3.05) is 32.3 Å². The van der Waals surface area contributed by atoms with Gasteiger partial charge in [-0.2, -0.15) is 0 Å². The first-order chi connectivity index (χ1) is 16.1. The molecule has 33 heavy (non-hydrogen) atoms. The van der Waals surface area contributed by atoms with Crippen molar-refractivity contribution >= 4 is 11.6 Å². The Kier molecular flexibility index (Phi) is 6.73. The van der Waals surface area contributed by atoms with Crippen molar-refractivity contribution in [3.05, 3.63) is 77.4 Å². The Morgan fingerprint density at radius 3 is 1.91 bits per heavy atom. The van der Waals surface area contributed by atoms with E-state index >= 15 is 0 Å². The maximum atomic E-state index is 13.5. The summed E-state index contributed by atoms with van der Waals surface area (Å²) in [7, 11) is 3.27. The zero-order valence-corrected chi connectivity index (χ0v) is 19.5. The Labute approximate surface area is 194 Å². The number of ether oxygens (including phenoxy) is 4. The van der Waals surface area contributed by atoms with Crippen LogP contribution in [-0.2, 0) is 11.2 Å². The molecule has 0 saturated heterocycles. The number of hydrogen-bond donors (Lipinski definition) is 0. The van der Waals surface area contributed by atoms with Crippen LogP contribution in [0, 0.1) is 0 Å². The molecule has 1 amide bonds. The summed E-state index contributed by atoms with van der Waals surface area (Å²) in [5, 5.41) is 0. The first-order valence-corrected chi connectivity index (χ1v) is 11.1. The molecule has 0 aromatic heterocycles. The highest BCUT2D eigenvalue weighted by atomic mass is 16.5. The largest absolute Gasteiger partial charge is 0.497 e. The predicted molar refractivity (Wildman–Crippen MR) is 128 cm³/mol. The van der Waals surface area contributed by atoms with E-state index in [1.165, 1.54) is 0 Å². The lowest BCUT2D eigenvalue weighted by atomic mass is 9.86. The van der Waals surface area contributed by atoms with E-state index in [0.717, 1.165) is 33.9 Å². The molecule has 3 aromatic carbocycles. The normalized spacial score (nSPS) is 15.1. The van der Waals surface area contributed by atoms with Gasteiger partial charge in [0.15, 0.2) is 11.5 Å². The molecule has 1 unspecified atom stereocenters. The maximum absolute atomic E-state index is 13.5. The van der Waals surface area contributed by atoms with Crippen LogP contribution in [0.15, 0.2) is 60.7 Å². The Morgan fingerprint density at radius 2 is 1.36 bits per heavy atom. The molecule has 172 valence electrons. The number of methoxy groups -OCH3 is 2. The van der Waals surface area contributed by atoms with Gasteiger partial charge in [0.25, 0.3) is 0 Å². The van der Waals surface area contributed by atoms with Gasteiger partial charge in [-0.25, -0.2) is 0 Å². The quantitative estimate of drug-likeness (QED) is 0.476. The lowest BCUT2D eigenvalue weighted by Gasteiger charge is -2.38. The van der Waals surface area contributed by atoms with Gasteiger partial charge in [0, 0.05) is 5.69 Å². The molecule has 0 fully saturated rings. The van der Waals surface area contributed by atoms with Gasteiger partial charge in [0.05, 0.1) is 39.9 Å². The van der Waals surface area contributed by atoms with Crippen molar-refractivity contribution < 1.29 is 23.7 Å². The summed E-state index contributed by atoms with van der Waals surface area (Å²) in [4.78, 5) is 15.3. The number of hydrogen-bond acceptors (Lipinski definition) is 5. The predicted octanol–water partition coefficient (Wildman–Crippen LogP) is 5.18. The van der Waals surface area contributed by atoms with E-state index in [2.05, 4.69) is 0 Å². The fourth-order valence-electron chi connectivity index (χ4n) is 4.24. The van der Waals surface area contributed by atoms with Gasteiger partial charge in [-0.05, 0) is 79.1 Å². The molecule has 0 saturated carbocycles. The van der Waals surface area contributed by atoms with Crippen LogP contribution < -0.4 is 23.8 Å². The van der Waals surface area contributed by atoms with E-state index < -0.39 is 0 Å². The minimum absolute atomic E-state index is 0.0140. The van der Waals surface area contributed by atoms with Gasteiger partial charge in [-0.1, -0.05) is 12.1 Å². The van der Waals surface area contributed by atoms with Crippen LogP contribution in [0.4, 0.5) is 5.69 Å². The first-order valence-electron chi connectivity index (χ1n) is 11.1. The van der Waals surface area contributed by atoms with Gasteiger partial charge in [-0.15, -0.1) is 0 Å². The molecular weight excluding hydrogens is 418 g/mol. The first kappa shape index (κ1) is 22.5. The number of anilines is 1. The number of fused-ring (bicyclic) bond motifs is 1. The van der Waals surface area contributed by atoms with Crippen molar-refractivity contribution in [2.45, 2.75) is 26.3 Å². The number of carbonyl (C=O) groups is 1. The van der Waals surface area contributed by atoms with E-state index in [-0.39, 0.29) is 18.4 Å². The summed E-state index contributed by atoms with van der Waals surface area (Å²) in [6, 6.07) is 19.0. The number of benzene rings is 3. The molecular formula is C27H29NO5. The molecule has 1 atom stereocenters. The van der Waals surface area contributed by atoms with E-state index in [9.17, 15) is 4.79 Å². The Morgan fingerprint density at radius 1 is 0.818 bits per heavy atom. The highest BCUT2D eigenvalue weighted by Crippen LogP contribution is 2.43. The summed E-state index contributed by atoms with van der Waals surface area (Å²) >= 11 is 0. The molecule has 1 aliphatic rings. The van der Waals surface area contributed by atoms with E-state index in [4.69, 9.17) is 18.9 Å². The average molecular weight is 448 g/mol. The minimum atomic E-state index is -0.324. The second-order valence-electron chi connectivity index (χ2n) is 7.68. The number of carbonyl (C=O) groups excluding carboxylic acids is 1. The van der Waals surface area contributed by atoms with Gasteiger partial charge in [0.1, 0.15) is 11.5 Å². The fourth-order valence-corrected chi connectivity index (χ4v) is 4.24. The molecule has 6 nitrogen and oxygen atoms in total. The van der Waals surface area contributed by atoms with Crippen LogP contribution in [0.25, 0.3) is 0 Å². The fraction of sp³-hybridized carbons (Fsp3) is 0.296. The van der Waals surface area contributed by atoms with Crippen molar-refractivity contribution in [2.24, 2.45) is 0 Å². The van der Waals surface area contributed by atoms with Gasteiger partial charge in [-0.3, -0.25) is 4.79 Å². The van der Waals surface area contributed by atoms with E-state index in [1.807, 2.05) is 79.4 Å². The minimum Gasteiger partial charge on any atom is -0.497 e. The molecule has 4 rings (SSSR count). The molecule has 6 heteroatoms. The number of nitrogens with zero attached hydrogens (tertiary/aromatic N) is 1. The monoisotopic (exact) mass is 447 g/mol.